The SMILES string of the molecule is CCCC(C)CNC(C)C(CC)CC. The average molecular weight is 199 g/mol. The highest BCUT2D eigenvalue weighted by Gasteiger charge is 2.13. The standard InChI is InChI=1S/C13H29N/c1-6-9-11(4)10-14-12(5)13(7-2)8-3/h11-14H,6-10H2,1-5H3. The van der Waals surface area contributed by atoms with E-state index >= 15 is 0 Å². The molecule has 0 spiro atoms. The molecule has 0 saturated carbocycles. The highest BCUT2D eigenvalue weighted by Crippen LogP contribution is 2.13. The molecule has 0 aliphatic carbocycles. The molecule has 86 valence electrons. The van der Waals surface area contributed by atoms with Crippen molar-refractivity contribution < 1.29 is 0 Å². The third-order valence-electron chi connectivity index (χ3n) is 3.33. The van der Waals surface area contributed by atoms with E-state index in [4.69, 9.17) is 0 Å². The summed E-state index contributed by atoms with van der Waals surface area (Å²) in [6.07, 6.45) is 5.25. The third kappa shape index (κ3) is 5.64. The quantitative estimate of drug-likeness (QED) is 0.626. The zero-order chi connectivity index (χ0) is 11.0. The lowest BCUT2D eigenvalue weighted by atomic mass is 9.95. The van der Waals surface area contributed by atoms with Crippen LogP contribution in [0, 0.1) is 11.8 Å². The molecule has 0 rings (SSSR count). The van der Waals surface area contributed by atoms with Gasteiger partial charge < -0.3 is 5.32 Å². The van der Waals surface area contributed by atoms with Crippen LogP contribution in [-0.2, 0) is 0 Å². The summed E-state index contributed by atoms with van der Waals surface area (Å²) in [7, 11) is 0. The summed E-state index contributed by atoms with van der Waals surface area (Å²) in [5.74, 6) is 1.68. The fourth-order valence-corrected chi connectivity index (χ4v) is 2.14. The fraction of sp³-hybridized carbons (Fsp3) is 1.00. The van der Waals surface area contributed by atoms with E-state index in [-0.39, 0.29) is 0 Å². The molecule has 0 aromatic heterocycles. The van der Waals surface area contributed by atoms with Gasteiger partial charge in [0.15, 0.2) is 0 Å². The summed E-state index contributed by atoms with van der Waals surface area (Å²) >= 11 is 0. The van der Waals surface area contributed by atoms with E-state index in [0.717, 1.165) is 11.8 Å². The Morgan fingerprint density at radius 3 is 2.00 bits per heavy atom. The molecule has 14 heavy (non-hydrogen) atoms. The van der Waals surface area contributed by atoms with E-state index in [1.807, 2.05) is 0 Å². The maximum absolute atomic E-state index is 3.67. The largest absolute Gasteiger partial charge is 0.314 e. The number of hydrogen-bond donors (Lipinski definition) is 1. The first-order valence-electron chi connectivity index (χ1n) is 6.38. The molecule has 2 unspecified atom stereocenters. The molecule has 0 aliphatic rings. The molecule has 1 N–H and O–H groups in total. The molecule has 0 aromatic rings. The highest BCUT2D eigenvalue weighted by atomic mass is 14.9. The van der Waals surface area contributed by atoms with Crippen molar-refractivity contribution in [2.75, 3.05) is 6.54 Å². The van der Waals surface area contributed by atoms with Gasteiger partial charge in [0.2, 0.25) is 0 Å². The second-order valence-corrected chi connectivity index (χ2v) is 4.67. The van der Waals surface area contributed by atoms with Crippen molar-refractivity contribution >= 4 is 0 Å². The zero-order valence-electron chi connectivity index (χ0n) is 10.8. The Kier molecular flexibility index (Phi) is 8.26. The number of hydrogen-bond acceptors (Lipinski definition) is 1. The van der Waals surface area contributed by atoms with E-state index in [9.17, 15) is 0 Å². The Balaban J connectivity index is 3.65. The summed E-state index contributed by atoms with van der Waals surface area (Å²) in [5, 5.41) is 3.67. The Hall–Kier alpha value is -0.0400. The van der Waals surface area contributed by atoms with Crippen molar-refractivity contribution in [2.24, 2.45) is 11.8 Å². The second kappa shape index (κ2) is 8.28. The molecule has 0 aromatic carbocycles. The lowest BCUT2D eigenvalue weighted by Gasteiger charge is -2.24. The molecular weight excluding hydrogens is 170 g/mol. The van der Waals surface area contributed by atoms with Crippen molar-refractivity contribution in [1.82, 2.24) is 5.32 Å². The predicted molar refractivity (Wildman–Crippen MR) is 65.6 cm³/mol. The topological polar surface area (TPSA) is 12.0 Å². The van der Waals surface area contributed by atoms with Crippen molar-refractivity contribution in [3.8, 4) is 0 Å². The smallest absolute Gasteiger partial charge is 0.00669 e. The molecule has 2 atom stereocenters. The summed E-state index contributed by atoms with van der Waals surface area (Å²) in [6.45, 7) is 12.7. The van der Waals surface area contributed by atoms with Crippen LogP contribution < -0.4 is 5.32 Å². The minimum Gasteiger partial charge on any atom is -0.314 e. The Bertz CT molecular complexity index is 118. The van der Waals surface area contributed by atoms with Crippen LogP contribution in [0.15, 0.2) is 0 Å². The van der Waals surface area contributed by atoms with Crippen LogP contribution in [0.1, 0.15) is 60.3 Å². The molecular formula is C13H29N. The summed E-state index contributed by atoms with van der Waals surface area (Å²) < 4.78 is 0. The van der Waals surface area contributed by atoms with Crippen molar-refractivity contribution in [1.29, 1.82) is 0 Å². The van der Waals surface area contributed by atoms with Gasteiger partial charge in [0.05, 0.1) is 0 Å². The normalized spacial score (nSPS) is 15.9. The Morgan fingerprint density at radius 2 is 1.57 bits per heavy atom. The van der Waals surface area contributed by atoms with Crippen LogP contribution in [0.2, 0.25) is 0 Å². The molecule has 1 heteroatoms. The van der Waals surface area contributed by atoms with Crippen LogP contribution in [-0.4, -0.2) is 12.6 Å². The zero-order valence-corrected chi connectivity index (χ0v) is 10.8. The summed E-state index contributed by atoms with van der Waals surface area (Å²) in [6, 6.07) is 0.685. The average Bonchev–Trinajstić information content (AvgIpc) is 2.17. The first-order valence-corrected chi connectivity index (χ1v) is 6.38. The summed E-state index contributed by atoms with van der Waals surface area (Å²) in [5.41, 5.74) is 0. The van der Waals surface area contributed by atoms with Crippen molar-refractivity contribution in [2.45, 2.75) is 66.3 Å². The minimum absolute atomic E-state index is 0.685. The number of rotatable bonds is 8. The molecule has 0 radical (unpaired) electrons. The van der Waals surface area contributed by atoms with Crippen LogP contribution >= 0.6 is 0 Å². The monoisotopic (exact) mass is 199 g/mol. The van der Waals surface area contributed by atoms with Gasteiger partial charge in [-0.1, -0.05) is 47.0 Å². The van der Waals surface area contributed by atoms with E-state index < -0.39 is 0 Å². The van der Waals surface area contributed by atoms with Crippen LogP contribution in [0.4, 0.5) is 0 Å². The molecule has 0 heterocycles. The van der Waals surface area contributed by atoms with Crippen LogP contribution in [0.3, 0.4) is 0 Å². The maximum atomic E-state index is 3.67. The van der Waals surface area contributed by atoms with E-state index in [1.54, 1.807) is 0 Å². The molecule has 0 fully saturated rings. The van der Waals surface area contributed by atoms with E-state index in [2.05, 4.69) is 39.9 Å². The predicted octanol–water partition coefficient (Wildman–Crippen LogP) is 3.84. The maximum Gasteiger partial charge on any atom is 0.00669 e. The lowest BCUT2D eigenvalue weighted by molar-refractivity contribution is 0.331. The molecule has 0 saturated heterocycles. The minimum atomic E-state index is 0.685. The van der Waals surface area contributed by atoms with Crippen molar-refractivity contribution in [3.05, 3.63) is 0 Å². The van der Waals surface area contributed by atoms with Crippen molar-refractivity contribution in [3.63, 3.8) is 0 Å². The molecule has 0 aliphatic heterocycles. The van der Waals surface area contributed by atoms with Gasteiger partial charge >= 0.3 is 0 Å². The fourth-order valence-electron chi connectivity index (χ4n) is 2.14. The Morgan fingerprint density at radius 1 is 1.00 bits per heavy atom. The number of nitrogens with one attached hydrogen (secondary N) is 1. The van der Waals surface area contributed by atoms with Gasteiger partial charge in [-0.2, -0.15) is 0 Å². The van der Waals surface area contributed by atoms with Gasteiger partial charge in [-0.05, 0) is 31.7 Å². The second-order valence-electron chi connectivity index (χ2n) is 4.67. The molecule has 1 nitrogen and oxygen atoms in total. The van der Waals surface area contributed by atoms with Crippen LogP contribution in [0.25, 0.3) is 0 Å². The first-order chi connectivity index (χ1) is 6.65. The van der Waals surface area contributed by atoms with Crippen LogP contribution in [0.5, 0.6) is 0 Å². The van der Waals surface area contributed by atoms with E-state index in [0.29, 0.717) is 6.04 Å². The highest BCUT2D eigenvalue weighted by molar-refractivity contribution is 4.71. The van der Waals surface area contributed by atoms with Gasteiger partial charge in [0.25, 0.3) is 0 Å². The van der Waals surface area contributed by atoms with Gasteiger partial charge in [0.1, 0.15) is 0 Å². The first kappa shape index (κ1) is 14.0. The Labute approximate surface area is 90.7 Å². The van der Waals surface area contributed by atoms with Gasteiger partial charge in [-0.3, -0.25) is 0 Å². The van der Waals surface area contributed by atoms with E-state index in [1.165, 1.54) is 32.2 Å². The van der Waals surface area contributed by atoms with Gasteiger partial charge in [0, 0.05) is 6.04 Å². The molecule has 0 amide bonds. The third-order valence-corrected chi connectivity index (χ3v) is 3.33. The van der Waals surface area contributed by atoms with Gasteiger partial charge in [-0.15, -0.1) is 0 Å². The molecule has 0 bridgehead atoms. The summed E-state index contributed by atoms with van der Waals surface area (Å²) in [4.78, 5) is 0. The van der Waals surface area contributed by atoms with Gasteiger partial charge in [-0.25, -0.2) is 0 Å². The lowest BCUT2D eigenvalue weighted by Crippen LogP contribution is -2.35.